The zero-order valence-corrected chi connectivity index (χ0v) is 17.3. The molecule has 154 valence electrons. The summed E-state index contributed by atoms with van der Waals surface area (Å²) in [7, 11) is -3.69. The van der Waals surface area contributed by atoms with Gasteiger partial charge >= 0.3 is 0 Å². The van der Waals surface area contributed by atoms with E-state index in [1.54, 1.807) is 30.3 Å². The van der Waals surface area contributed by atoms with Gasteiger partial charge in [0.2, 0.25) is 10.0 Å². The number of aromatic nitrogens is 1. The van der Waals surface area contributed by atoms with Gasteiger partial charge in [0, 0.05) is 21.8 Å². The van der Waals surface area contributed by atoms with Crippen LogP contribution in [0.1, 0.15) is 25.3 Å². The van der Waals surface area contributed by atoms with Gasteiger partial charge in [0.1, 0.15) is 0 Å². The normalized spacial score (nSPS) is 22.5. The zero-order chi connectivity index (χ0) is 20.7. The molecule has 2 N–H and O–H groups in total. The van der Waals surface area contributed by atoms with Crippen LogP contribution in [-0.2, 0) is 10.0 Å². The van der Waals surface area contributed by atoms with Crippen molar-refractivity contribution >= 4 is 31.8 Å². The van der Waals surface area contributed by atoms with E-state index in [4.69, 9.17) is 0 Å². The van der Waals surface area contributed by atoms with Crippen molar-refractivity contribution in [3.05, 3.63) is 78.9 Å². The fourth-order valence-corrected chi connectivity index (χ4v) is 6.05. The Morgan fingerprint density at radius 1 is 0.800 bits per heavy atom. The van der Waals surface area contributed by atoms with E-state index < -0.39 is 22.2 Å². The minimum Gasteiger partial charge on any atom is -0.389 e. The lowest BCUT2D eigenvalue weighted by atomic mass is 9.88. The molecule has 1 aliphatic rings. The summed E-state index contributed by atoms with van der Waals surface area (Å²) in [6.45, 7) is 0. The molecule has 3 aromatic carbocycles. The van der Waals surface area contributed by atoms with E-state index in [2.05, 4.69) is 33.6 Å². The van der Waals surface area contributed by atoms with Gasteiger partial charge < -0.3 is 9.67 Å². The number of aliphatic hydroxyl groups is 1. The second-order valence-corrected chi connectivity index (χ2v) is 9.65. The quantitative estimate of drug-likeness (QED) is 0.519. The molecule has 0 spiro atoms. The van der Waals surface area contributed by atoms with Gasteiger partial charge in [-0.15, -0.1) is 0 Å². The van der Waals surface area contributed by atoms with E-state index >= 15 is 0 Å². The zero-order valence-electron chi connectivity index (χ0n) is 16.5. The first-order valence-corrected chi connectivity index (χ1v) is 11.8. The van der Waals surface area contributed by atoms with Gasteiger partial charge in [-0.1, -0.05) is 54.6 Å². The lowest BCUT2D eigenvalue weighted by Crippen LogP contribution is -2.49. The molecule has 1 aromatic heterocycles. The smallest absolute Gasteiger partial charge is 0.240 e. The van der Waals surface area contributed by atoms with Crippen molar-refractivity contribution < 1.29 is 13.5 Å². The predicted molar refractivity (Wildman–Crippen MR) is 119 cm³/mol. The Morgan fingerprint density at radius 2 is 1.37 bits per heavy atom. The molecule has 6 heteroatoms. The van der Waals surface area contributed by atoms with Crippen LogP contribution in [0.15, 0.2) is 83.8 Å². The van der Waals surface area contributed by atoms with Gasteiger partial charge in [0.15, 0.2) is 0 Å². The van der Waals surface area contributed by atoms with E-state index in [0.717, 1.165) is 34.6 Å². The second-order valence-electron chi connectivity index (χ2n) is 7.93. The molecule has 0 radical (unpaired) electrons. The van der Waals surface area contributed by atoms with Crippen molar-refractivity contribution in [1.29, 1.82) is 0 Å². The summed E-state index contributed by atoms with van der Waals surface area (Å²) in [5.74, 6) is 0. The van der Waals surface area contributed by atoms with Crippen LogP contribution in [0.2, 0.25) is 0 Å². The SMILES string of the molecule is O=S(=O)(N[C@@H]1CCC[C@H](n2c3ccccc3c3ccccc32)[C@H]1O)c1ccccc1. The number of nitrogens with one attached hydrogen (secondary N) is 1. The highest BCUT2D eigenvalue weighted by Crippen LogP contribution is 2.38. The van der Waals surface area contributed by atoms with Gasteiger partial charge in [-0.2, -0.15) is 0 Å². The van der Waals surface area contributed by atoms with Crippen molar-refractivity contribution in [3.8, 4) is 0 Å². The molecule has 5 nitrogen and oxygen atoms in total. The first-order valence-electron chi connectivity index (χ1n) is 10.3. The van der Waals surface area contributed by atoms with Crippen LogP contribution in [0.4, 0.5) is 0 Å². The Balaban J connectivity index is 1.53. The minimum atomic E-state index is -3.69. The summed E-state index contributed by atoms with van der Waals surface area (Å²) in [4.78, 5) is 0.219. The Kier molecular flexibility index (Phi) is 4.85. The molecule has 0 unspecified atom stereocenters. The number of rotatable bonds is 4. The molecule has 0 bridgehead atoms. The fraction of sp³-hybridized carbons (Fsp3) is 0.250. The average Bonchev–Trinajstić information content (AvgIpc) is 3.10. The molecule has 4 aromatic rings. The third kappa shape index (κ3) is 3.21. The lowest BCUT2D eigenvalue weighted by molar-refractivity contribution is 0.0547. The van der Waals surface area contributed by atoms with Crippen molar-refractivity contribution in [1.82, 2.24) is 9.29 Å². The molecule has 0 amide bonds. The molecular formula is C24H24N2O3S. The molecule has 30 heavy (non-hydrogen) atoms. The molecular weight excluding hydrogens is 396 g/mol. The molecule has 1 fully saturated rings. The van der Waals surface area contributed by atoms with E-state index in [1.807, 2.05) is 24.3 Å². The summed E-state index contributed by atoms with van der Waals surface area (Å²) in [5.41, 5.74) is 2.13. The molecule has 0 aliphatic heterocycles. The van der Waals surface area contributed by atoms with Crippen LogP contribution in [0, 0.1) is 0 Å². The summed E-state index contributed by atoms with van der Waals surface area (Å²) in [5, 5.41) is 13.6. The number of aliphatic hydroxyl groups excluding tert-OH is 1. The Morgan fingerprint density at radius 3 is 2.00 bits per heavy atom. The summed E-state index contributed by atoms with van der Waals surface area (Å²) in [6.07, 6.45) is 1.43. The highest BCUT2D eigenvalue weighted by molar-refractivity contribution is 7.89. The topological polar surface area (TPSA) is 71.3 Å². The Hall–Kier alpha value is -2.67. The Labute approximate surface area is 176 Å². The van der Waals surface area contributed by atoms with E-state index in [1.165, 1.54) is 0 Å². The van der Waals surface area contributed by atoms with Gasteiger partial charge in [0.25, 0.3) is 0 Å². The van der Waals surface area contributed by atoms with Crippen LogP contribution in [-0.4, -0.2) is 30.2 Å². The van der Waals surface area contributed by atoms with Crippen molar-refractivity contribution in [2.24, 2.45) is 0 Å². The maximum atomic E-state index is 12.8. The predicted octanol–water partition coefficient (Wildman–Crippen LogP) is 4.23. The maximum Gasteiger partial charge on any atom is 0.240 e. The van der Waals surface area contributed by atoms with E-state index in [-0.39, 0.29) is 10.9 Å². The van der Waals surface area contributed by atoms with Gasteiger partial charge in [-0.25, -0.2) is 13.1 Å². The number of sulfonamides is 1. The monoisotopic (exact) mass is 420 g/mol. The van der Waals surface area contributed by atoms with Gasteiger partial charge in [0.05, 0.1) is 23.1 Å². The number of para-hydroxylation sites is 2. The van der Waals surface area contributed by atoms with Crippen LogP contribution in [0.25, 0.3) is 21.8 Å². The molecule has 5 rings (SSSR count). The number of hydrogen-bond acceptors (Lipinski definition) is 3. The molecule has 0 saturated heterocycles. The van der Waals surface area contributed by atoms with E-state index in [0.29, 0.717) is 6.42 Å². The second kappa shape index (κ2) is 7.54. The van der Waals surface area contributed by atoms with Crippen molar-refractivity contribution in [2.45, 2.75) is 42.3 Å². The molecule has 3 atom stereocenters. The number of fused-ring (bicyclic) bond motifs is 3. The highest BCUT2D eigenvalue weighted by atomic mass is 32.2. The summed E-state index contributed by atoms with van der Waals surface area (Å²) < 4.78 is 30.6. The summed E-state index contributed by atoms with van der Waals surface area (Å²) >= 11 is 0. The van der Waals surface area contributed by atoms with Crippen molar-refractivity contribution in [3.63, 3.8) is 0 Å². The van der Waals surface area contributed by atoms with Crippen molar-refractivity contribution in [2.75, 3.05) is 0 Å². The third-order valence-corrected chi connectivity index (χ3v) is 7.64. The maximum absolute atomic E-state index is 12.8. The highest BCUT2D eigenvalue weighted by Gasteiger charge is 2.36. The minimum absolute atomic E-state index is 0.202. The fourth-order valence-electron chi connectivity index (χ4n) is 4.74. The Bertz CT molecular complexity index is 1240. The van der Waals surface area contributed by atoms with Gasteiger partial charge in [-0.3, -0.25) is 0 Å². The third-order valence-electron chi connectivity index (χ3n) is 6.13. The molecule has 1 saturated carbocycles. The van der Waals surface area contributed by atoms with Gasteiger partial charge in [-0.05, 0) is 43.5 Å². The summed E-state index contributed by atoms with van der Waals surface area (Å²) in [6, 6.07) is 24.0. The van der Waals surface area contributed by atoms with Crippen LogP contribution in [0.3, 0.4) is 0 Å². The first kappa shape index (κ1) is 19.3. The lowest BCUT2D eigenvalue weighted by Gasteiger charge is -2.36. The van der Waals surface area contributed by atoms with Crippen LogP contribution < -0.4 is 4.72 Å². The molecule has 1 heterocycles. The number of hydrogen-bond donors (Lipinski definition) is 2. The number of nitrogens with zero attached hydrogens (tertiary/aromatic N) is 1. The standard InChI is InChI=1S/C24H24N2O3S/c27-24-20(25-30(28,29)17-9-2-1-3-10-17)13-8-16-23(24)26-21-14-6-4-11-18(21)19-12-5-7-15-22(19)26/h1-7,9-12,14-15,20,23-25,27H,8,13,16H2/t20-,23+,24+/m1/s1. The molecule has 1 aliphatic carbocycles. The van der Waals surface area contributed by atoms with Crippen LogP contribution in [0.5, 0.6) is 0 Å². The van der Waals surface area contributed by atoms with Crippen LogP contribution >= 0.6 is 0 Å². The average molecular weight is 421 g/mol. The van der Waals surface area contributed by atoms with E-state index in [9.17, 15) is 13.5 Å². The number of benzene rings is 3. The first-order chi connectivity index (χ1) is 14.6. The largest absolute Gasteiger partial charge is 0.389 e.